The molecule has 0 bridgehead atoms. The summed E-state index contributed by atoms with van der Waals surface area (Å²) in [5, 5.41) is 0. The van der Waals surface area contributed by atoms with Crippen LogP contribution >= 0.6 is 0 Å². The Morgan fingerprint density at radius 1 is 0.600 bits per heavy atom. The zero-order valence-electron chi connectivity index (χ0n) is 18.2. The molecule has 1 saturated heterocycles. The maximum atomic E-state index is 5.95. The molecule has 0 amide bonds. The summed E-state index contributed by atoms with van der Waals surface area (Å²) in [6, 6.07) is 16.5. The molecule has 1 heterocycles. The van der Waals surface area contributed by atoms with Crippen molar-refractivity contribution < 1.29 is 18.9 Å². The van der Waals surface area contributed by atoms with E-state index in [1.165, 1.54) is 11.1 Å². The molecular formula is C24H34N2O4. The number of benzene rings is 2. The molecule has 0 aromatic heterocycles. The quantitative estimate of drug-likeness (QED) is 0.724. The van der Waals surface area contributed by atoms with Crippen molar-refractivity contribution in [2.75, 3.05) is 66.8 Å². The largest absolute Gasteiger partial charge is 0.497 e. The molecule has 1 fully saturated rings. The van der Waals surface area contributed by atoms with E-state index in [1.54, 1.807) is 14.2 Å². The van der Waals surface area contributed by atoms with E-state index in [-0.39, 0.29) is 0 Å². The van der Waals surface area contributed by atoms with Crippen molar-refractivity contribution in [3.63, 3.8) is 0 Å². The molecule has 2 aromatic rings. The average Bonchev–Trinajstić information content (AvgIpc) is 2.78. The fourth-order valence-electron chi connectivity index (χ4n) is 3.50. The van der Waals surface area contributed by atoms with Crippen LogP contribution in [0.15, 0.2) is 48.5 Å². The minimum Gasteiger partial charge on any atom is -0.497 e. The predicted molar refractivity (Wildman–Crippen MR) is 118 cm³/mol. The number of rotatable bonds is 6. The maximum Gasteiger partial charge on any atom is 0.118 e. The summed E-state index contributed by atoms with van der Waals surface area (Å²) >= 11 is 0. The Morgan fingerprint density at radius 3 is 1.23 bits per heavy atom. The van der Waals surface area contributed by atoms with Crippen LogP contribution in [0, 0.1) is 0 Å². The van der Waals surface area contributed by atoms with Gasteiger partial charge in [0.1, 0.15) is 11.5 Å². The summed E-state index contributed by atoms with van der Waals surface area (Å²) in [6.45, 7) is 8.28. The summed E-state index contributed by atoms with van der Waals surface area (Å²) in [5.41, 5.74) is 2.54. The second-order valence-electron chi connectivity index (χ2n) is 7.47. The van der Waals surface area contributed by atoms with Crippen molar-refractivity contribution in [3.8, 4) is 11.5 Å². The van der Waals surface area contributed by atoms with Gasteiger partial charge in [-0.1, -0.05) is 24.3 Å². The molecule has 164 valence electrons. The van der Waals surface area contributed by atoms with Gasteiger partial charge < -0.3 is 18.9 Å². The van der Waals surface area contributed by atoms with E-state index in [4.69, 9.17) is 18.9 Å². The lowest BCUT2D eigenvalue weighted by Crippen LogP contribution is -2.35. The topological polar surface area (TPSA) is 43.4 Å². The first-order valence-corrected chi connectivity index (χ1v) is 10.6. The summed E-state index contributed by atoms with van der Waals surface area (Å²) in [7, 11) is 3.39. The summed E-state index contributed by atoms with van der Waals surface area (Å²) < 4.78 is 22.4. The van der Waals surface area contributed by atoms with Crippen LogP contribution < -0.4 is 9.47 Å². The van der Waals surface area contributed by atoms with Crippen LogP contribution in [0.5, 0.6) is 11.5 Å². The summed E-state index contributed by atoms with van der Waals surface area (Å²) in [5.74, 6) is 1.77. The van der Waals surface area contributed by atoms with E-state index in [9.17, 15) is 0 Å². The third-order valence-electron chi connectivity index (χ3n) is 5.34. The minimum absolute atomic E-state index is 0.729. The van der Waals surface area contributed by atoms with Crippen LogP contribution in [0.25, 0.3) is 0 Å². The van der Waals surface area contributed by atoms with Crippen LogP contribution in [-0.4, -0.2) is 76.6 Å². The van der Waals surface area contributed by atoms with Gasteiger partial charge in [-0.2, -0.15) is 0 Å². The van der Waals surface area contributed by atoms with Crippen LogP contribution in [0.4, 0.5) is 0 Å². The number of nitrogens with zero attached hydrogens (tertiary/aromatic N) is 2. The van der Waals surface area contributed by atoms with Crippen molar-refractivity contribution in [3.05, 3.63) is 59.7 Å². The van der Waals surface area contributed by atoms with Gasteiger partial charge in [-0.25, -0.2) is 0 Å². The molecule has 6 heteroatoms. The molecule has 0 spiro atoms. The summed E-state index contributed by atoms with van der Waals surface area (Å²) in [6.07, 6.45) is 0. The van der Waals surface area contributed by atoms with Gasteiger partial charge in [-0.15, -0.1) is 0 Å². The molecule has 0 unspecified atom stereocenters. The smallest absolute Gasteiger partial charge is 0.118 e. The highest BCUT2D eigenvalue weighted by atomic mass is 16.5. The van der Waals surface area contributed by atoms with Gasteiger partial charge >= 0.3 is 0 Å². The monoisotopic (exact) mass is 414 g/mol. The van der Waals surface area contributed by atoms with E-state index >= 15 is 0 Å². The zero-order chi connectivity index (χ0) is 21.0. The molecule has 1 aliphatic rings. The van der Waals surface area contributed by atoms with Gasteiger partial charge in [0.2, 0.25) is 0 Å². The number of hydrogen-bond donors (Lipinski definition) is 0. The first-order chi connectivity index (χ1) is 14.8. The molecule has 0 saturated carbocycles. The third-order valence-corrected chi connectivity index (χ3v) is 5.34. The Balaban J connectivity index is 1.46. The normalized spacial score (nSPS) is 17.7. The molecule has 0 aliphatic carbocycles. The molecule has 0 atom stereocenters. The molecule has 1 aliphatic heterocycles. The van der Waals surface area contributed by atoms with Gasteiger partial charge in [0.05, 0.1) is 40.6 Å². The first kappa shape index (κ1) is 22.6. The fourth-order valence-corrected chi connectivity index (χ4v) is 3.50. The van der Waals surface area contributed by atoms with E-state index in [2.05, 4.69) is 34.1 Å². The Hall–Kier alpha value is -2.12. The Bertz CT molecular complexity index is 645. The number of ether oxygens (including phenoxy) is 4. The molecule has 0 N–H and O–H groups in total. The standard InChI is InChI=1S/C24H34N2O4/c1-27-23-7-3-21(4-8-23)19-25-11-15-29-17-13-26(14-18-30-16-12-25)20-22-5-9-24(28-2)10-6-22/h3-10H,11-20H2,1-2H3. The lowest BCUT2D eigenvalue weighted by atomic mass is 10.2. The lowest BCUT2D eigenvalue weighted by Gasteiger charge is -2.26. The summed E-state index contributed by atoms with van der Waals surface area (Å²) in [4.78, 5) is 4.77. The Kier molecular flexibility index (Phi) is 9.44. The molecule has 2 aromatic carbocycles. The van der Waals surface area contributed by atoms with Crippen molar-refractivity contribution >= 4 is 0 Å². The Labute approximate surface area is 180 Å². The molecular weight excluding hydrogens is 380 g/mol. The number of methoxy groups -OCH3 is 2. The molecule has 0 radical (unpaired) electrons. The van der Waals surface area contributed by atoms with Crippen LogP contribution in [0.1, 0.15) is 11.1 Å². The van der Waals surface area contributed by atoms with Crippen molar-refractivity contribution in [1.82, 2.24) is 9.80 Å². The van der Waals surface area contributed by atoms with E-state index < -0.39 is 0 Å². The van der Waals surface area contributed by atoms with Crippen molar-refractivity contribution in [2.24, 2.45) is 0 Å². The van der Waals surface area contributed by atoms with Crippen LogP contribution in [0.2, 0.25) is 0 Å². The first-order valence-electron chi connectivity index (χ1n) is 10.6. The van der Waals surface area contributed by atoms with E-state index in [1.807, 2.05) is 24.3 Å². The van der Waals surface area contributed by atoms with Crippen LogP contribution in [0.3, 0.4) is 0 Å². The third kappa shape index (κ3) is 7.61. The highest BCUT2D eigenvalue weighted by Crippen LogP contribution is 2.14. The van der Waals surface area contributed by atoms with Gasteiger partial charge in [-0.05, 0) is 35.4 Å². The number of hydrogen-bond acceptors (Lipinski definition) is 6. The lowest BCUT2D eigenvalue weighted by molar-refractivity contribution is 0.0342. The SMILES string of the molecule is COc1ccc(CN2CCOCCN(Cc3ccc(OC)cc3)CCOCC2)cc1. The van der Waals surface area contributed by atoms with Crippen LogP contribution in [-0.2, 0) is 22.6 Å². The Morgan fingerprint density at radius 2 is 0.933 bits per heavy atom. The fraction of sp³-hybridized carbons (Fsp3) is 0.500. The molecule has 3 rings (SSSR count). The van der Waals surface area contributed by atoms with E-state index in [0.29, 0.717) is 0 Å². The predicted octanol–water partition coefficient (Wildman–Crippen LogP) is 3.05. The van der Waals surface area contributed by atoms with Gasteiger partial charge in [-0.3, -0.25) is 9.80 Å². The molecule has 30 heavy (non-hydrogen) atoms. The van der Waals surface area contributed by atoms with Gasteiger partial charge in [0.15, 0.2) is 0 Å². The van der Waals surface area contributed by atoms with Gasteiger partial charge in [0, 0.05) is 39.3 Å². The highest BCUT2D eigenvalue weighted by molar-refractivity contribution is 5.27. The van der Waals surface area contributed by atoms with Crippen molar-refractivity contribution in [1.29, 1.82) is 0 Å². The van der Waals surface area contributed by atoms with Gasteiger partial charge in [0.25, 0.3) is 0 Å². The maximum absolute atomic E-state index is 5.95. The molecule has 6 nitrogen and oxygen atoms in total. The second kappa shape index (κ2) is 12.5. The van der Waals surface area contributed by atoms with Crippen molar-refractivity contribution in [2.45, 2.75) is 13.1 Å². The van der Waals surface area contributed by atoms with E-state index in [0.717, 1.165) is 77.2 Å². The highest BCUT2D eigenvalue weighted by Gasteiger charge is 2.11. The minimum atomic E-state index is 0.729. The zero-order valence-corrected chi connectivity index (χ0v) is 18.2. The second-order valence-corrected chi connectivity index (χ2v) is 7.47. The average molecular weight is 415 g/mol.